The molecule has 1 aromatic heterocycles. The van der Waals surface area contributed by atoms with Crippen LogP contribution in [0.1, 0.15) is 20.3 Å². The Morgan fingerprint density at radius 2 is 1.11 bits per heavy atom. The van der Waals surface area contributed by atoms with E-state index in [0.717, 1.165) is 13.7 Å². The van der Waals surface area contributed by atoms with Gasteiger partial charge in [0.05, 0.1) is 26.4 Å². The van der Waals surface area contributed by atoms with E-state index in [1.165, 1.54) is 0 Å². The molecule has 0 aliphatic heterocycles. The number of rotatable bonds is 15. The van der Waals surface area contributed by atoms with Gasteiger partial charge in [-0.3, -0.25) is 0 Å². The molecule has 10 nitrogen and oxygen atoms in total. The van der Waals surface area contributed by atoms with Crippen LogP contribution in [-0.4, -0.2) is 59.1 Å². The monoisotopic (exact) mass is 407 g/mol. The third-order valence-electron chi connectivity index (χ3n) is 3.52. The smallest absolute Gasteiger partial charge is 0.340 e. The van der Waals surface area contributed by atoms with Gasteiger partial charge in [0.1, 0.15) is 13.5 Å². The fourth-order valence-electron chi connectivity index (χ4n) is 2.16. The largest absolute Gasteiger partial charge is 0.379 e. The first kappa shape index (κ1) is 23.6. The quantitative estimate of drug-likeness (QED) is 0.309. The summed E-state index contributed by atoms with van der Waals surface area (Å²) in [6.45, 7) is 5.54. The van der Waals surface area contributed by atoms with Gasteiger partial charge in [-0.15, -0.1) is 0 Å². The first-order valence-electron chi connectivity index (χ1n) is 8.94. The second kappa shape index (κ2) is 13.7. The number of hydrogen-bond donors (Lipinski definition) is 1. The summed E-state index contributed by atoms with van der Waals surface area (Å²) in [5.74, 6) is 0.501. The van der Waals surface area contributed by atoms with Crippen molar-refractivity contribution in [2.24, 2.45) is 0 Å². The summed E-state index contributed by atoms with van der Waals surface area (Å²) in [6.07, 6.45) is 0.507. The summed E-state index contributed by atoms with van der Waals surface area (Å²) in [5.41, 5.74) is -2.21. The Labute approximate surface area is 163 Å². The van der Waals surface area contributed by atoms with Crippen molar-refractivity contribution in [3.8, 4) is 0 Å². The van der Waals surface area contributed by atoms with Gasteiger partial charge in [0.15, 0.2) is 0 Å². The lowest BCUT2D eigenvalue weighted by Gasteiger charge is -2.14. The Hall–Kier alpha value is -1.40. The number of nitrogens with zero attached hydrogens (tertiary/aromatic N) is 3. The number of ether oxygens (including phenoxy) is 4. The Bertz CT molecular complexity index is 661. The number of hydrogen-bond acceptors (Lipinski definition) is 8. The molecule has 11 heteroatoms. The minimum Gasteiger partial charge on any atom is -0.379 e. The minimum atomic E-state index is -0.778. The highest BCUT2D eigenvalue weighted by atomic mass is 32.1. The molecule has 1 aromatic rings. The van der Waals surface area contributed by atoms with Gasteiger partial charge in [0, 0.05) is 19.8 Å². The zero-order valence-electron chi connectivity index (χ0n) is 15.9. The predicted octanol–water partition coefficient (Wildman–Crippen LogP) is -0.487. The molecule has 0 aliphatic rings. The van der Waals surface area contributed by atoms with Crippen LogP contribution >= 0.6 is 12.6 Å². The van der Waals surface area contributed by atoms with Crippen LogP contribution in [0.15, 0.2) is 14.4 Å². The van der Waals surface area contributed by atoms with Crippen molar-refractivity contribution in [3.05, 3.63) is 31.5 Å². The molecule has 0 radical (unpaired) electrons. The van der Waals surface area contributed by atoms with Crippen LogP contribution in [0.25, 0.3) is 0 Å². The van der Waals surface area contributed by atoms with Gasteiger partial charge in [-0.05, 0) is 26.0 Å². The van der Waals surface area contributed by atoms with Crippen LogP contribution in [0.5, 0.6) is 0 Å². The van der Waals surface area contributed by atoms with Crippen LogP contribution in [0.2, 0.25) is 0 Å². The Morgan fingerprint density at radius 1 is 0.704 bits per heavy atom. The predicted molar refractivity (Wildman–Crippen MR) is 103 cm³/mol. The molecule has 27 heavy (non-hydrogen) atoms. The average Bonchev–Trinajstić information content (AvgIpc) is 2.66. The normalized spacial score (nSPS) is 11.2. The molecule has 0 amide bonds. The Morgan fingerprint density at radius 3 is 1.52 bits per heavy atom. The molecule has 0 bridgehead atoms. The van der Waals surface area contributed by atoms with Crippen molar-refractivity contribution in [1.82, 2.24) is 13.7 Å². The molecular formula is C16H29N3O7S. The molecule has 1 heterocycles. The van der Waals surface area contributed by atoms with Crippen molar-refractivity contribution >= 4 is 12.6 Å². The zero-order chi connectivity index (χ0) is 20.1. The Balaban J connectivity index is 3.01. The summed E-state index contributed by atoms with van der Waals surface area (Å²) < 4.78 is 23.7. The van der Waals surface area contributed by atoms with Gasteiger partial charge in [-0.2, -0.15) is 12.6 Å². The molecule has 0 unspecified atom stereocenters. The van der Waals surface area contributed by atoms with E-state index in [1.54, 1.807) is 0 Å². The van der Waals surface area contributed by atoms with Crippen LogP contribution in [0.4, 0.5) is 0 Å². The van der Waals surface area contributed by atoms with Crippen molar-refractivity contribution in [2.45, 2.75) is 40.3 Å². The van der Waals surface area contributed by atoms with Gasteiger partial charge in [-0.25, -0.2) is 28.1 Å². The molecule has 0 saturated heterocycles. The van der Waals surface area contributed by atoms with Crippen LogP contribution in [0.3, 0.4) is 0 Å². The topological polar surface area (TPSA) is 103 Å². The maximum atomic E-state index is 12.6. The van der Waals surface area contributed by atoms with Gasteiger partial charge in [0.2, 0.25) is 0 Å². The van der Waals surface area contributed by atoms with E-state index >= 15 is 0 Å². The molecule has 0 atom stereocenters. The molecule has 156 valence electrons. The highest BCUT2D eigenvalue weighted by Crippen LogP contribution is 1.88. The van der Waals surface area contributed by atoms with Crippen molar-refractivity contribution in [1.29, 1.82) is 0 Å². The third kappa shape index (κ3) is 7.62. The molecule has 1 rings (SSSR count). The minimum absolute atomic E-state index is 0.152. The number of thiol groups is 1. The molecule has 0 spiro atoms. The summed E-state index contributed by atoms with van der Waals surface area (Å²) in [6, 6.07) is 0. The zero-order valence-corrected chi connectivity index (χ0v) is 16.8. The molecule has 0 fully saturated rings. The van der Waals surface area contributed by atoms with Crippen molar-refractivity contribution in [3.63, 3.8) is 0 Å². The summed E-state index contributed by atoms with van der Waals surface area (Å²) in [4.78, 5) is 37.6. The lowest BCUT2D eigenvalue weighted by Crippen LogP contribution is -2.55. The first-order valence-corrected chi connectivity index (χ1v) is 9.57. The van der Waals surface area contributed by atoms with E-state index < -0.39 is 17.1 Å². The maximum absolute atomic E-state index is 12.6. The lowest BCUT2D eigenvalue weighted by molar-refractivity contribution is 0.00681. The van der Waals surface area contributed by atoms with E-state index in [0.29, 0.717) is 38.6 Å². The number of aromatic nitrogens is 3. The second-order valence-corrected chi connectivity index (χ2v) is 5.85. The fraction of sp³-hybridized carbons (Fsp3) is 0.812. The molecule has 0 saturated carbocycles. The second-order valence-electron chi connectivity index (χ2n) is 5.40. The van der Waals surface area contributed by atoms with E-state index in [2.05, 4.69) is 12.6 Å². The lowest BCUT2D eigenvalue weighted by atomic mass is 10.5. The first-order chi connectivity index (χ1) is 13.1. The molecule has 0 aromatic carbocycles. The highest BCUT2D eigenvalue weighted by molar-refractivity contribution is 7.80. The van der Waals surface area contributed by atoms with Crippen LogP contribution in [-0.2, 0) is 39.0 Å². The Kier molecular flexibility index (Phi) is 12.0. The maximum Gasteiger partial charge on any atom is 0.340 e. The van der Waals surface area contributed by atoms with E-state index in [4.69, 9.17) is 18.9 Å². The van der Waals surface area contributed by atoms with Crippen molar-refractivity contribution in [2.75, 3.05) is 45.4 Å². The van der Waals surface area contributed by atoms with E-state index in [-0.39, 0.29) is 33.2 Å². The van der Waals surface area contributed by atoms with Crippen LogP contribution in [0, 0.1) is 0 Å². The van der Waals surface area contributed by atoms with Crippen LogP contribution < -0.4 is 17.1 Å². The summed E-state index contributed by atoms with van der Waals surface area (Å²) in [7, 11) is 0. The van der Waals surface area contributed by atoms with Gasteiger partial charge in [0.25, 0.3) is 0 Å². The highest BCUT2D eigenvalue weighted by Gasteiger charge is 2.15. The van der Waals surface area contributed by atoms with Crippen molar-refractivity contribution < 1.29 is 18.9 Å². The molecule has 0 aliphatic carbocycles. The van der Waals surface area contributed by atoms with Gasteiger partial charge >= 0.3 is 17.1 Å². The van der Waals surface area contributed by atoms with E-state index in [1.807, 2.05) is 13.8 Å². The molecular weight excluding hydrogens is 378 g/mol. The summed E-state index contributed by atoms with van der Waals surface area (Å²) >= 11 is 4.10. The fourth-order valence-corrected chi connectivity index (χ4v) is 2.30. The molecule has 0 N–H and O–H groups in total. The average molecular weight is 407 g/mol. The SMILES string of the molecule is CCOCCOCn1c(=O)n(CCCS)c(=O)n(COCCOCC)c1=O. The summed E-state index contributed by atoms with van der Waals surface area (Å²) in [5, 5.41) is 0. The van der Waals surface area contributed by atoms with Gasteiger partial charge in [-0.1, -0.05) is 0 Å². The van der Waals surface area contributed by atoms with Gasteiger partial charge < -0.3 is 18.9 Å². The third-order valence-corrected chi connectivity index (χ3v) is 3.83. The van der Waals surface area contributed by atoms with E-state index in [9.17, 15) is 14.4 Å². The standard InChI is InChI=1S/C16H29N3O7S/c1-3-23-7-9-25-12-18-14(20)17(6-5-11-27)15(21)19(16(18)22)13-26-10-8-24-4-2/h27H,3-13H2,1-2H3.